The second-order valence-corrected chi connectivity index (χ2v) is 5.08. The van der Waals surface area contributed by atoms with Gasteiger partial charge < -0.3 is 9.73 Å². The van der Waals surface area contributed by atoms with Crippen molar-refractivity contribution in [2.24, 2.45) is 7.05 Å². The largest absolute Gasteiger partial charge is 0.418 e. The topological polar surface area (TPSA) is 68.8 Å². The molecular weight excluding hydrogens is 266 g/mol. The Morgan fingerprint density at radius 1 is 1.19 bits per heavy atom. The van der Waals surface area contributed by atoms with Gasteiger partial charge in [0.1, 0.15) is 6.04 Å². The maximum absolute atomic E-state index is 5.74. The first-order valence-corrected chi connectivity index (χ1v) is 6.77. The Hall–Kier alpha value is -2.63. The molecular formula is C15H17N5O. The molecule has 2 heterocycles. The van der Waals surface area contributed by atoms with Gasteiger partial charge >= 0.3 is 0 Å². The van der Waals surface area contributed by atoms with Gasteiger partial charge in [0.15, 0.2) is 0 Å². The lowest BCUT2D eigenvalue weighted by Crippen LogP contribution is -2.06. The molecule has 1 aromatic carbocycles. The fraction of sp³-hybridized carbons (Fsp3) is 0.267. The Morgan fingerprint density at radius 3 is 2.62 bits per heavy atom. The molecule has 0 bridgehead atoms. The molecule has 0 aliphatic carbocycles. The molecule has 0 saturated heterocycles. The zero-order chi connectivity index (χ0) is 14.8. The van der Waals surface area contributed by atoms with Gasteiger partial charge in [-0.3, -0.25) is 4.68 Å². The Morgan fingerprint density at radius 2 is 1.95 bits per heavy atom. The van der Waals surface area contributed by atoms with Gasteiger partial charge in [0.05, 0.1) is 11.9 Å². The van der Waals surface area contributed by atoms with Crippen LogP contribution >= 0.6 is 0 Å². The van der Waals surface area contributed by atoms with E-state index in [1.807, 2.05) is 51.4 Å². The third-order valence-electron chi connectivity index (χ3n) is 3.20. The molecule has 0 saturated carbocycles. The first-order valence-electron chi connectivity index (χ1n) is 6.77. The van der Waals surface area contributed by atoms with Crippen molar-refractivity contribution in [3.05, 3.63) is 48.1 Å². The highest BCUT2D eigenvalue weighted by Crippen LogP contribution is 2.23. The summed E-state index contributed by atoms with van der Waals surface area (Å²) in [5.41, 5.74) is 3.04. The van der Waals surface area contributed by atoms with E-state index in [1.54, 1.807) is 10.9 Å². The van der Waals surface area contributed by atoms with E-state index in [2.05, 4.69) is 20.6 Å². The summed E-state index contributed by atoms with van der Waals surface area (Å²) in [5, 5.41) is 15.6. The lowest BCUT2D eigenvalue weighted by Gasteiger charge is -2.08. The van der Waals surface area contributed by atoms with E-state index in [0.717, 1.165) is 11.3 Å². The lowest BCUT2D eigenvalue weighted by atomic mass is 10.1. The molecule has 0 amide bonds. The van der Waals surface area contributed by atoms with E-state index < -0.39 is 0 Å². The van der Waals surface area contributed by atoms with Gasteiger partial charge in [-0.25, -0.2) is 0 Å². The zero-order valence-corrected chi connectivity index (χ0v) is 12.2. The third-order valence-corrected chi connectivity index (χ3v) is 3.20. The minimum Gasteiger partial charge on any atom is -0.418 e. The zero-order valence-electron chi connectivity index (χ0n) is 12.2. The maximum atomic E-state index is 5.74. The van der Waals surface area contributed by atoms with Crippen LogP contribution in [0.25, 0.3) is 11.5 Å². The van der Waals surface area contributed by atoms with Crippen molar-refractivity contribution in [2.45, 2.75) is 19.9 Å². The summed E-state index contributed by atoms with van der Waals surface area (Å²) >= 11 is 0. The number of aromatic nitrogens is 4. The molecule has 1 atom stereocenters. The van der Waals surface area contributed by atoms with Gasteiger partial charge in [-0.2, -0.15) is 5.10 Å². The number of nitrogens with zero attached hydrogens (tertiary/aromatic N) is 4. The van der Waals surface area contributed by atoms with E-state index in [9.17, 15) is 0 Å². The normalized spacial score (nSPS) is 12.3. The second-order valence-electron chi connectivity index (χ2n) is 5.08. The molecule has 0 aliphatic rings. The van der Waals surface area contributed by atoms with Gasteiger partial charge in [-0.15, -0.1) is 10.2 Å². The summed E-state index contributed by atoms with van der Waals surface area (Å²) < 4.78 is 7.48. The fourth-order valence-electron chi connectivity index (χ4n) is 2.03. The molecule has 6 heteroatoms. The highest BCUT2D eigenvalue weighted by molar-refractivity contribution is 5.53. The first-order chi connectivity index (χ1) is 10.1. The summed E-state index contributed by atoms with van der Waals surface area (Å²) in [5.74, 6) is 1.08. The van der Waals surface area contributed by atoms with Crippen LogP contribution in [0.15, 0.2) is 41.1 Å². The third kappa shape index (κ3) is 2.94. The first kappa shape index (κ1) is 13.4. The molecule has 6 nitrogen and oxygen atoms in total. The summed E-state index contributed by atoms with van der Waals surface area (Å²) in [6.45, 7) is 4.02. The highest BCUT2D eigenvalue weighted by Gasteiger charge is 2.15. The van der Waals surface area contributed by atoms with Crippen LogP contribution in [-0.4, -0.2) is 20.0 Å². The van der Waals surface area contributed by atoms with Crippen LogP contribution in [-0.2, 0) is 7.05 Å². The number of nitrogens with one attached hydrogen (secondary N) is 1. The summed E-state index contributed by atoms with van der Waals surface area (Å²) in [6.07, 6.45) is 3.65. The standard InChI is InChI=1S/C15H17N5O/c1-10-4-6-12(7-5-10)15-19-18-14(21-15)11(2)17-13-8-16-20(3)9-13/h4-9,11,17H,1-3H3. The maximum Gasteiger partial charge on any atom is 0.247 e. The number of anilines is 1. The number of rotatable bonds is 4. The molecule has 21 heavy (non-hydrogen) atoms. The Labute approximate surface area is 122 Å². The Kier molecular flexibility index (Phi) is 3.43. The number of benzene rings is 1. The number of hydrogen-bond acceptors (Lipinski definition) is 5. The average molecular weight is 283 g/mol. The fourth-order valence-corrected chi connectivity index (χ4v) is 2.03. The number of aryl methyl sites for hydroxylation is 2. The molecule has 3 aromatic rings. The Bertz CT molecular complexity index is 729. The predicted molar refractivity (Wildman–Crippen MR) is 79.7 cm³/mol. The molecule has 0 radical (unpaired) electrons. The second kappa shape index (κ2) is 5.40. The summed E-state index contributed by atoms with van der Waals surface area (Å²) in [6, 6.07) is 7.92. The van der Waals surface area contributed by atoms with Gasteiger partial charge in [0.2, 0.25) is 11.8 Å². The molecule has 3 rings (SSSR count). The molecule has 2 aromatic heterocycles. The quantitative estimate of drug-likeness (QED) is 0.797. The summed E-state index contributed by atoms with van der Waals surface area (Å²) in [7, 11) is 1.87. The van der Waals surface area contributed by atoms with Crippen LogP contribution in [0, 0.1) is 6.92 Å². The van der Waals surface area contributed by atoms with Crippen LogP contribution < -0.4 is 5.32 Å². The van der Waals surface area contributed by atoms with Crippen LogP contribution in [0.4, 0.5) is 5.69 Å². The van der Waals surface area contributed by atoms with E-state index in [-0.39, 0.29) is 6.04 Å². The molecule has 0 aliphatic heterocycles. The van der Waals surface area contributed by atoms with Crippen molar-refractivity contribution in [3.63, 3.8) is 0 Å². The predicted octanol–water partition coefficient (Wildman–Crippen LogP) is 2.95. The van der Waals surface area contributed by atoms with Crippen molar-refractivity contribution < 1.29 is 4.42 Å². The van der Waals surface area contributed by atoms with E-state index in [1.165, 1.54) is 5.56 Å². The minimum absolute atomic E-state index is 0.0825. The van der Waals surface area contributed by atoms with Crippen LogP contribution in [0.5, 0.6) is 0 Å². The smallest absolute Gasteiger partial charge is 0.247 e. The molecule has 0 spiro atoms. The molecule has 1 unspecified atom stereocenters. The van der Waals surface area contributed by atoms with E-state index in [4.69, 9.17) is 4.42 Å². The van der Waals surface area contributed by atoms with Gasteiger partial charge in [-0.05, 0) is 26.0 Å². The van der Waals surface area contributed by atoms with Crippen LogP contribution in [0.1, 0.15) is 24.4 Å². The minimum atomic E-state index is -0.0825. The van der Waals surface area contributed by atoms with Crippen molar-refractivity contribution in [3.8, 4) is 11.5 Å². The van der Waals surface area contributed by atoms with Crippen LogP contribution in [0.3, 0.4) is 0 Å². The Balaban J connectivity index is 1.76. The average Bonchev–Trinajstić information content (AvgIpc) is 3.09. The van der Waals surface area contributed by atoms with E-state index in [0.29, 0.717) is 11.8 Å². The van der Waals surface area contributed by atoms with Crippen molar-refractivity contribution >= 4 is 5.69 Å². The lowest BCUT2D eigenvalue weighted by molar-refractivity contribution is 0.485. The SMILES string of the molecule is Cc1ccc(-c2nnc(C(C)Nc3cnn(C)c3)o2)cc1. The number of hydrogen-bond donors (Lipinski definition) is 1. The van der Waals surface area contributed by atoms with Gasteiger partial charge in [0.25, 0.3) is 0 Å². The van der Waals surface area contributed by atoms with Crippen LogP contribution in [0.2, 0.25) is 0 Å². The van der Waals surface area contributed by atoms with Crippen molar-refractivity contribution in [1.82, 2.24) is 20.0 Å². The van der Waals surface area contributed by atoms with Gasteiger partial charge in [0, 0.05) is 18.8 Å². The highest BCUT2D eigenvalue weighted by atomic mass is 16.4. The summed E-state index contributed by atoms with van der Waals surface area (Å²) in [4.78, 5) is 0. The van der Waals surface area contributed by atoms with Crippen molar-refractivity contribution in [1.29, 1.82) is 0 Å². The van der Waals surface area contributed by atoms with Gasteiger partial charge in [-0.1, -0.05) is 17.7 Å². The van der Waals surface area contributed by atoms with E-state index >= 15 is 0 Å². The molecule has 108 valence electrons. The molecule has 0 fully saturated rings. The van der Waals surface area contributed by atoms with Crippen molar-refractivity contribution in [2.75, 3.05) is 5.32 Å². The monoisotopic (exact) mass is 283 g/mol. The molecule has 1 N–H and O–H groups in total.